The van der Waals surface area contributed by atoms with Crippen LogP contribution in [0.5, 0.6) is 0 Å². The van der Waals surface area contributed by atoms with Crippen LogP contribution >= 0.6 is 0 Å². The summed E-state index contributed by atoms with van der Waals surface area (Å²) in [6.07, 6.45) is 0. The first-order valence-corrected chi connectivity index (χ1v) is 7.50. The Kier molecular flexibility index (Phi) is 6.34. The Bertz CT molecular complexity index is 284. The van der Waals surface area contributed by atoms with Crippen LogP contribution in [-0.2, 0) is 14.5 Å². The third-order valence-corrected chi connectivity index (χ3v) is 3.59. The van der Waals surface area contributed by atoms with Crippen LogP contribution in [0.15, 0.2) is 0 Å². The molecule has 0 amide bonds. The van der Waals surface area contributed by atoms with Crippen LogP contribution in [0.1, 0.15) is 13.8 Å². The third-order valence-electron chi connectivity index (χ3n) is 3.59. The van der Waals surface area contributed by atoms with Crippen molar-refractivity contribution in [2.24, 2.45) is 0 Å². The van der Waals surface area contributed by atoms with Gasteiger partial charge < -0.3 is 10.6 Å². The highest BCUT2D eigenvalue weighted by molar-refractivity contribution is 5.89. The minimum Gasteiger partial charge on any atom is -0.305 e. The number of piperazine rings is 2. The predicted octanol–water partition coefficient (Wildman–Crippen LogP) is -0.994. The average Bonchev–Trinajstić information content (AvgIpc) is 2.48. The quantitative estimate of drug-likeness (QED) is 0.649. The van der Waals surface area contributed by atoms with Crippen molar-refractivity contribution >= 4 is 5.78 Å². The summed E-state index contributed by atoms with van der Waals surface area (Å²) in [5, 5.41) is 10.3. The van der Waals surface area contributed by atoms with E-state index in [4.69, 9.17) is 9.68 Å². The number of nitrogens with one attached hydrogen (secondary N) is 2. The Labute approximate surface area is 120 Å². The van der Waals surface area contributed by atoms with E-state index in [1.54, 1.807) is 0 Å². The molecule has 0 bridgehead atoms. The maximum atomic E-state index is 12.6. The Morgan fingerprint density at radius 2 is 1.45 bits per heavy atom. The van der Waals surface area contributed by atoms with Gasteiger partial charge in [0.05, 0.1) is 25.3 Å². The second kappa shape index (κ2) is 8.02. The number of nitrogens with zero attached hydrogens (tertiary/aromatic N) is 2. The fourth-order valence-corrected chi connectivity index (χ4v) is 2.67. The number of Topliss-reactive ketones (excluding diaryl/α,β-unsaturated/α-hetero) is 1. The lowest BCUT2D eigenvalue weighted by Gasteiger charge is -2.36. The summed E-state index contributed by atoms with van der Waals surface area (Å²) in [4.78, 5) is 23.6. The van der Waals surface area contributed by atoms with Crippen LogP contribution in [0.2, 0.25) is 0 Å². The minimum atomic E-state index is -0.172. The van der Waals surface area contributed by atoms with E-state index in [2.05, 4.69) is 10.6 Å². The van der Waals surface area contributed by atoms with E-state index in [0.29, 0.717) is 26.3 Å². The second-order valence-electron chi connectivity index (χ2n) is 5.03. The van der Waals surface area contributed by atoms with Crippen LogP contribution in [0.25, 0.3) is 0 Å². The van der Waals surface area contributed by atoms with Gasteiger partial charge in [-0.15, -0.1) is 0 Å². The van der Waals surface area contributed by atoms with Gasteiger partial charge in [0.15, 0.2) is 5.78 Å². The first-order valence-electron chi connectivity index (χ1n) is 7.50. The molecule has 0 saturated carbocycles. The summed E-state index contributed by atoms with van der Waals surface area (Å²) in [5.41, 5.74) is 0. The van der Waals surface area contributed by atoms with Gasteiger partial charge >= 0.3 is 0 Å². The highest BCUT2D eigenvalue weighted by atomic mass is 16.7. The SMILES string of the molecule is CCON1CCNC(C(=O)C2CN(OCC)CCN2)C1. The normalized spacial score (nSPS) is 29.5. The van der Waals surface area contributed by atoms with Gasteiger partial charge in [0.25, 0.3) is 0 Å². The molecule has 116 valence electrons. The van der Waals surface area contributed by atoms with E-state index in [1.807, 2.05) is 24.0 Å². The molecular formula is C13H26N4O3. The van der Waals surface area contributed by atoms with E-state index in [1.165, 1.54) is 0 Å². The number of hydroxylamine groups is 4. The molecule has 2 aliphatic rings. The number of hydrogen-bond donors (Lipinski definition) is 2. The lowest BCUT2D eigenvalue weighted by molar-refractivity contribution is -0.178. The first-order chi connectivity index (χ1) is 9.74. The lowest BCUT2D eigenvalue weighted by atomic mass is 10.0. The Hall–Kier alpha value is -0.570. The zero-order chi connectivity index (χ0) is 14.4. The number of carbonyl (C=O) groups excluding carboxylic acids is 1. The summed E-state index contributed by atoms with van der Waals surface area (Å²) in [7, 11) is 0. The second-order valence-corrected chi connectivity index (χ2v) is 5.03. The van der Waals surface area contributed by atoms with Crippen LogP contribution < -0.4 is 10.6 Å². The van der Waals surface area contributed by atoms with Gasteiger partial charge in [0, 0.05) is 39.3 Å². The van der Waals surface area contributed by atoms with Crippen molar-refractivity contribution in [3.8, 4) is 0 Å². The maximum absolute atomic E-state index is 12.6. The Morgan fingerprint density at radius 3 is 1.85 bits per heavy atom. The summed E-state index contributed by atoms with van der Waals surface area (Å²) in [6, 6.07) is -0.344. The average molecular weight is 286 g/mol. The monoisotopic (exact) mass is 286 g/mol. The predicted molar refractivity (Wildman–Crippen MR) is 75.0 cm³/mol. The maximum Gasteiger partial charge on any atom is 0.169 e. The summed E-state index contributed by atoms with van der Waals surface area (Å²) in [5.74, 6) is 0.193. The van der Waals surface area contributed by atoms with Gasteiger partial charge in [0.2, 0.25) is 0 Å². The molecule has 2 aliphatic heterocycles. The van der Waals surface area contributed by atoms with Crippen LogP contribution in [0, 0.1) is 0 Å². The van der Waals surface area contributed by atoms with Crippen molar-refractivity contribution in [2.45, 2.75) is 25.9 Å². The topological polar surface area (TPSA) is 66.1 Å². The van der Waals surface area contributed by atoms with Gasteiger partial charge in [-0.1, -0.05) is 0 Å². The molecule has 0 aromatic carbocycles. The molecule has 2 N–H and O–H groups in total. The van der Waals surface area contributed by atoms with E-state index in [-0.39, 0.29) is 17.9 Å². The van der Waals surface area contributed by atoms with Crippen molar-refractivity contribution in [1.82, 2.24) is 20.8 Å². The van der Waals surface area contributed by atoms with Gasteiger partial charge in [-0.3, -0.25) is 14.5 Å². The standard InChI is InChI=1S/C13H26N4O3/c1-3-19-16-7-5-14-11(9-16)13(18)12-10-17(20-4-2)8-6-15-12/h11-12,14-15H,3-10H2,1-2H3. The zero-order valence-electron chi connectivity index (χ0n) is 12.4. The van der Waals surface area contributed by atoms with E-state index >= 15 is 0 Å². The largest absolute Gasteiger partial charge is 0.305 e. The summed E-state index contributed by atoms with van der Waals surface area (Å²) in [6.45, 7) is 9.61. The van der Waals surface area contributed by atoms with Gasteiger partial charge in [-0.2, -0.15) is 10.1 Å². The van der Waals surface area contributed by atoms with Crippen LogP contribution in [0.3, 0.4) is 0 Å². The Morgan fingerprint density at radius 1 is 1.00 bits per heavy atom. The molecule has 7 heteroatoms. The molecule has 2 heterocycles. The number of hydrogen-bond acceptors (Lipinski definition) is 7. The van der Waals surface area contributed by atoms with Crippen molar-refractivity contribution in [1.29, 1.82) is 0 Å². The number of carbonyl (C=O) groups is 1. The van der Waals surface area contributed by atoms with Gasteiger partial charge in [-0.25, -0.2) is 0 Å². The first kappa shape index (κ1) is 15.8. The fraction of sp³-hybridized carbons (Fsp3) is 0.923. The molecule has 7 nitrogen and oxygen atoms in total. The van der Waals surface area contributed by atoms with Crippen LogP contribution in [-0.4, -0.2) is 80.5 Å². The highest BCUT2D eigenvalue weighted by Gasteiger charge is 2.33. The summed E-state index contributed by atoms with van der Waals surface area (Å²) < 4.78 is 0. The molecule has 0 aromatic heterocycles. The smallest absolute Gasteiger partial charge is 0.169 e. The van der Waals surface area contributed by atoms with Crippen molar-refractivity contribution in [3.63, 3.8) is 0 Å². The minimum absolute atomic E-state index is 0.172. The van der Waals surface area contributed by atoms with Crippen molar-refractivity contribution in [2.75, 3.05) is 52.5 Å². The molecule has 2 rings (SSSR count). The fourth-order valence-electron chi connectivity index (χ4n) is 2.67. The number of ketones is 1. The van der Waals surface area contributed by atoms with E-state index < -0.39 is 0 Å². The molecule has 2 saturated heterocycles. The molecule has 20 heavy (non-hydrogen) atoms. The van der Waals surface area contributed by atoms with Gasteiger partial charge in [0.1, 0.15) is 0 Å². The van der Waals surface area contributed by atoms with Crippen molar-refractivity contribution in [3.05, 3.63) is 0 Å². The number of rotatable bonds is 6. The molecule has 0 radical (unpaired) electrons. The van der Waals surface area contributed by atoms with Crippen LogP contribution in [0.4, 0.5) is 0 Å². The molecule has 2 atom stereocenters. The molecule has 0 spiro atoms. The summed E-state index contributed by atoms with van der Waals surface area (Å²) >= 11 is 0. The van der Waals surface area contributed by atoms with E-state index in [0.717, 1.165) is 26.2 Å². The van der Waals surface area contributed by atoms with E-state index in [9.17, 15) is 4.79 Å². The molecule has 0 aliphatic carbocycles. The third kappa shape index (κ3) is 4.21. The molecule has 0 aromatic rings. The Balaban J connectivity index is 1.86. The zero-order valence-corrected chi connectivity index (χ0v) is 12.4. The molecule has 2 unspecified atom stereocenters. The lowest BCUT2D eigenvalue weighted by Crippen LogP contribution is -2.62. The van der Waals surface area contributed by atoms with Crippen molar-refractivity contribution < 1.29 is 14.5 Å². The van der Waals surface area contributed by atoms with Gasteiger partial charge in [-0.05, 0) is 13.8 Å². The highest BCUT2D eigenvalue weighted by Crippen LogP contribution is 2.07. The molecule has 2 fully saturated rings. The molecular weight excluding hydrogens is 260 g/mol.